The molecule has 0 fully saturated rings. The fraction of sp³-hybridized carbons (Fsp3) is 0.320. The summed E-state index contributed by atoms with van der Waals surface area (Å²) in [5, 5.41) is 6.29. The summed E-state index contributed by atoms with van der Waals surface area (Å²) in [5.41, 5.74) is 7.45. The van der Waals surface area contributed by atoms with Gasteiger partial charge in [0.25, 0.3) is 0 Å². The molecule has 3 rings (SSSR count). The normalized spacial score (nSPS) is 13.2. The lowest BCUT2D eigenvalue weighted by molar-refractivity contribution is -0.128. The number of benzene rings is 2. The highest BCUT2D eigenvalue weighted by Crippen LogP contribution is 2.19. The second kappa shape index (κ2) is 10.2. The van der Waals surface area contributed by atoms with Gasteiger partial charge >= 0.3 is 6.09 Å². The highest BCUT2D eigenvalue weighted by Gasteiger charge is 2.28. The molecule has 2 atom stereocenters. The first-order valence-corrected chi connectivity index (χ1v) is 10.8. The lowest BCUT2D eigenvalue weighted by Gasteiger charge is -2.24. The number of rotatable bonds is 8. The Kier molecular flexibility index (Phi) is 7.37. The minimum absolute atomic E-state index is 0.200. The van der Waals surface area contributed by atoms with Gasteiger partial charge in [0.15, 0.2) is 0 Å². The lowest BCUT2D eigenvalue weighted by Crippen LogP contribution is -2.54. The zero-order valence-electron chi connectivity index (χ0n) is 19.1. The van der Waals surface area contributed by atoms with Crippen LogP contribution in [0.1, 0.15) is 31.9 Å². The van der Waals surface area contributed by atoms with E-state index in [0.29, 0.717) is 0 Å². The van der Waals surface area contributed by atoms with Crippen LogP contribution in [0.15, 0.2) is 60.8 Å². The molecule has 0 unspecified atom stereocenters. The fourth-order valence-corrected chi connectivity index (χ4v) is 3.52. The number of amides is 3. The Morgan fingerprint density at radius 1 is 0.939 bits per heavy atom. The molecule has 0 saturated heterocycles. The summed E-state index contributed by atoms with van der Waals surface area (Å²) in [5.74, 6) is -1.18. The van der Waals surface area contributed by atoms with Crippen LogP contribution in [-0.2, 0) is 27.2 Å². The molecular weight excluding hydrogens is 420 g/mol. The molecule has 3 aromatic rings. The highest BCUT2D eigenvalue weighted by atomic mass is 16.6. The van der Waals surface area contributed by atoms with Gasteiger partial charge in [-0.3, -0.25) is 9.59 Å². The third-order valence-corrected chi connectivity index (χ3v) is 5.05. The summed E-state index contributed by atoms with van der Waals surface area (Å²) in [4.78, 5) is 40.9. The van der Waals surface area contributed by atoms with Gasteiger partial charge in [-0.25, -0.2) is 4.79 Å². The van der Waals surface area contributed by atoms with Gasteiger partial charge < -0.3 is 26.1 Å². The molecule has 3 amide bonds. The van der Waals surface area contributed by atoms with Crippen molar-refractivity contribution in [1.29, 1.82) is 0 Å². The van der Waals surface area contributed by atoms with Crippen molar-refractivity contribution in [2.75, 3.05) is 0 Å². The van der Waals surface area contributed by atoms with E-state index in [1.54, 1.807) is 27.0 Å². The summed E-state index contributed by atoms with van der Waals surface area (Å²) >= 11 is 0. The van der Waals surface area contributed by atoms with E-state index in [1.807, 2.05) is 54.6 Å². The van der Waals surface area contributed by atoms with Crippen molar-refractivity contribution in [2.24, 2.45) is 5.73 Å². The number of fused-ring (bicyclic) bond motifs is 1. The number of carbonyl (C=O) groups is 3. The maximum Gasteiger partial charge on any atom is 0.408 e. The Bertz CT molecular complexity index is 1120. The van der Waals surface area contributed by atoms with E-state index in [0.717, 1.165) is 22.0 Å². The Balaban J connectivity index is 1.81. The van der Waals surface area contributed by atoms with E-state index in [4.69, 9.17) is 10.5 Å². The number of aromatic nitrogens is 1. The van der Waals surface area contributed by atoms with Crippen LogP contribution in [0.3, 0.4) is 0 Å². The molecule has 8 nitrogen and oxygen atoms in total. The highest BCUT2D eigenvalue weighted by molar-refractivity contribution is 5.92. The number of alkyl carbamates (subject to hydrolysis) is 1. The van der Waals surface area contributed by atoms with E-state index in [-0.39, 0.29) is 12.8 Å². The number of carbonyl (C=O) groups excluding carboxylic acids is 3. The molecule has 0 spiro atoms. The number of primary amides is 1. The number of para-hydroxylation sites is 1. The molecule has 0 aliphatic heterocycles. The van der Waals surface area contributed by atoms with Gasteiger partial charge in [0, 0.05) is 29.9 Å². The van der Waals surface area contributed by atoms with Gasteiger partial charge in [-0.15, -0.1) is 0 Å². The molecule has 0 radical (unpaired) electrons. The molecule has 0 aliphatic carbocycles. The van der Waals surface area contributed by atoms with E-state index in [2.05, 4.69) is 15.6 Å². The van der Waals surface area contributed by atoms with Gasteiger partial charge in [-0.1, -0.05) is 48.5 Å². The Morgan fingerprint density at radius 2 is 1.61 bits per heavy atom. The molecule has 1 heterocycles. The number of hydrogen-bond acceptors (Lipinski definition) is 4. The number of H-pyrrole nitrogens is 1. The second-order valence-corrected chi connectivity index (χ2v) is 8.92. The third-order valence-electron chi connectivity index (χ3n) is 5.05. The number of nitrogens with two attached hydrogens (primary N) is 1. The summed E-state index contributed by atoms with van der Waals surface area (Å²) in [6.45, 7) is 5.22. The van der Waals surface area contributed by atoms with E-state index in [1.165, 1.54) is 0 Å². The second-order valence-electron chi connectivity index (χ2n) is 8.92. The topological polar surface area (TPSA) is 126 Å². The van der Waals surface area contributed by atoms with Crippen molar-refractivity contribution in [1.82, 2.24) is 15.6 Å². The number of hydrogen-bond donors (Lipinski definition) is 4. The smallest absolute Gasteiger partial charge is 0.408 e. The summed E-state index contributed by atoms with van der Waals surface area (Å²) in [6.07, 6.45) is 1.53. The monoisotopic (exact) mass is 450 g/mol. The Hall–Kier alpha value is -3.81. The maximum atomic E-state index is 13.2. The minimum atomic E-state index is -0.975. The summed E-state index contributed by atoms with van der Waals surface area (Å²) < 4.78 is 5.34. The zero-order valence-corrected chi connectivity index (χ0v) is 19.1. The van der Waals surface area contributed by atoms with Crippen molar-refractivity contribution < 1.29 is 19.1 Å². The molecule has 174 valence electrons. The third kappa shape index (κ3) is 6.83. The quantitative estimate of drug-likeness (QED) is 0.421. The molecule has 0 bridgehead atoms. The molecule has 8 heteroatoms. The number of aromatic amines is 1. The standard InChI is InChI=1S/C25H30N4O4/c1-25(2,3)33-24(32)29-21(14-17-15-27-19-12-8-7-11-18(17)19)23(31)28-20(22(26)30)13-16-9-5-4-6-10-16/h4-12,15,20-21,27H,13-14H2,1-3H3,(H2,26,30)(H,28,31)(H,29,32)/t20-,21+/m0/s1. The van der Waals surface area contributed by atoms with Gasteiger partial charge in [-0.2, -0.15) is 0 Å². The van der Waals surface area contributed by atoms with Crippen LogP contribution >= 0.6 is 0 Å². The summed E-state index contributed by atoms with van der Waals surface area (Å²) in [6, 6.07) is 15.0. The molecular formula is C25H30N4O4. The van der Waals surface area contributed by atoms with Gasteiger partial charge in [0.2, 0.25) is 11.8 Å². The van der Waals surface area contributed by atoms with Crippen LogP contribution in [0, 0.1) is 0 Å². The van der Waals surface area contributed by atoms with Crippen LogP contribution in [0.25, 0.3) is 10.9 Å². The van der Waals surface area contributed by atoms with Crippen LogP contribution in [0.2, 0.25) is 0 Å². The van der Waals surface area contributed by atoms with Gasteiger partial charge in [0.05, 0.1) is 0 Å². The molecule has 2 aromatic carbocycles. The average Bonchev–Trinajstić information content (AvgIpc) is 3.15. The molecule has 5 N–H and O–H groups in total. The number of ether oxygens (including phenoxy) is 1. The van der Waals surface area contributed by atoms with E-state index in [9.17, 15) is 14.4 Å². The molecule has 0 saturated carbocycles. The van der Waals surface area contributed by atoms with E-state index < -0.39 is 35.6 Å². The Morgan fingerprint density at radius 3 is 2.27 bits per heavy atom. The first kappa shape index (κ1) is 23.8. The summed E-state index contributed by atoms with van der Waals surface area (Å²) in [7, 11) is 0. The SMILES string of the molecule is CC(C)(C)OC(=O)N[C@H](Cc1c[nH]c2ccccc12)C(=O)N[C@@H](Cc1ccccc1)C(N)=O. The zero-order chi connectivity index (χ0) is 24.0. The lowest BCUT2D eigenvalue weighted by atomic mass is 10.0. The molecule has 1 aromatic heterocycles. The maximum absolute atomic E-state index is 13.2. The molecule has 0 aliphatic rings. The van der Waals surface area contributed by atoms with E-state index >= 15 is 0 Å². The predicted molar refractivity (Wildman–Crippen MR) is 126 cm³/mol. The first-order valence-electron chi connectivity index (χ1n) is 10.8. The minimum Gasteiger partial charge on any atom is -0.444 e. The van der Waals surface area contributed by atoms with Crippen LogP contribution in [-0.4, -0.2) is 40.6 Å². The van der Waals surface area contributed by atoms with Crippen molar-refractivity contribution in [3.63, 3.8) is 0 Å². The average molecular weight is 451 g/mol. The van der Waals surface area contributed by atoms with Crippen molar-refractivity contribution in [3.8, 4) is 0 Å². The van der Waals surface area contributed by atoms with Crippen LogP contribution in [0.5, 0.6) is 0 Å². The first-order chi connectivity index (χ1) is 15.6. The number of nitrogens with one attached hydrogen (secondary N) is 3. The van der Waals surface area contributed by atoms with Gasteiger partial charge in [-0.05, 0) is 38.0 Å². The van der Waals surface area contributed by atoms with Crippen LogP contribution in [0.4, 0.5) is 4.79 Å². The molecule has 33 heavy (non-hydrogen) atoms. The predicted octanol–water partition coefficient (Wildman–Crippen LogP) is 2.82. The van der Waals surface area contributed by atoms with Crippen molar-refractivity contribution in [2.45, 2.75) is 51.3 Å². The largest absolute Gasteiger partial charge is 0.444 e. The fourth-order valence-electron chi connectivity index (χ4n) is 3.52. The van der Waals surface area contributed by atoms with Crippen LogP contribution < -0.4 is 16.4 Å². The van der Waals surface area contributed by atoms with Crippen molar-refractivity contribution >= 4 is 28.8 Å². The van der Waals surface area contributed by atoms with Crippen molar-refractivity contribution in [3.05, 3.63) is 71.9 Å². The van der Waals surface area contributed by atoms with Gasteiger partial charge in [0.1, 0.15) is 17.7 Å². The Labute approximate surface area is 192 Å².